The van der Waals surface area contributed by atoms with Gasteiger partial charge in [-0.15, -0.1) is 0 Å². The van der Waals surface area contributed by atoms with Gasteiger partial charge in [-0.05, 0) is 68.0 Å². The number of ether oxygens (including phenoxy) is 1. The van der Waals surface area contributed by atoms with Gasteiger partial charge in [0.2, 0.25) is 5.91 Å². The number of nitrogens with one attached hydrogen (secondary N) is 1. The summed E-state index contributed by atoms with van der Waals surface area (Å²) in [6.45, 7) is 11.0. The van der Waals surface area contributed by atoms with Crippen molar-refractivity contribution in [2.45, 2.75) is 66.5 Å². The molecule has 196 valence electrons. The predicted molar refractivity (Wildman–Crippen MR) is 150 cm³/mol. The van der Waals surface area contributed by atoms with E-state index in [-0.39, 0.29) is 18.4 Å². The first-order valence-corrected chi connectivity index (χ1v) is 13.2. The molecule has 0 saturated carbocycles. The lowest BCUT2D eigenvalue weighted by Crippen LogP contribution is -2.51. The number of rotatable bonds is 12. The van der Waals surface area contributed by atoms with E-state index in [1.54, 1.807) is 4.90 Å². The van der Waals surface area contributed by atoms with Crippen molar-refractivity contribution in [3.05, 3.63) is 100 Å². The molecule has 3 aromatic carbocycles. The van der Waals surface area contributed by atoms with Gasteiger partial charge in [0, 0.05) is 19.5 Å². The Morgan fingerprint density at radius 3 is 2.32 bits per heavy atom. The second kappa shape index (κ2) is 13.6. The van der Waals surface area contributed by atoms with Crippen molar-refractivity contribution in [3.63, 3.8) is 0 Å². The molecule has 3 aromatic rings. The first-order chi connectivity index (χ1) is 17.8. The van der Waals surface area contributed by atoms with E-state index in [9.17, 15) is 9.59 Å². The molecule has 37 heavy (non-hydrogen) atoms. The van der Waals surface area contributed by atoms with E-state index in [2.05, 4.69) is 24.4 Å². The van der Waals surface area contributed by atoms with Crippen LogP contribution in [0.4, 0.5) is 0 Å². The van der Waals surface area contributed by atoms with Crippen LogP contribution < -0.4 is 10.1 Å². The van der Waals surface area contributed by atoms with Crippen molar-refractivity contribution < 1.29 is 14.3 Å². The van der Waals surface area contributed by atoms with Crippen LogP contribution in [-0.4, -0.2) is 35.9 Å². The maximum atomic E-state index is 13.8. The molecule has 0 bridgehead atoms. The number of carbonyl (C=O) groups is 2. The Bertz CT molecular complexity index is 1190. The maximum Gasteiger partial charge on any atom is 0.261 e. The Morgan fingerprint density at radius 1 is 0.892 bits per heavy atom. The van der Waals surface area contributed by atoms with E-state index < -0.39 is 6.04 Å². The highest BCUT2D eigenvalue weighted by Crippen LogP contribution is 2.24. The number of carbonyl (C=O) groups excluding carboxylic acids is 2. The van der Waals surface area contributed by atoms with Crippen molar-refractivity contribution in [1.29, 1.82) is 0 Å². The average Bonchev–Trinajstić information content (AvgIpc) is 2.88. The van der Waals surface area contributed by atoms with Crippen LogP contribution in [0, 0.1) is 27.7 Å². The molecule has 0 fully saturated rings. The second-order valence-corrected chi connectivity index (χ2v) is 9.85. The Hall–Kier alpha value is -3.60. The smallest absolute Gasteiger partial charge is 0.261 e. The molecule has 0 aromatic heterocycles. The Kier molecular flexibility index (Phi) is 10.3. The summed E-state index contributed by atoms with van der Waals surface area (Å²) in [5, 5.41) is 3.06. The summed E-state index contributed by atoms with van der Waals surface area (Å²) in [7, 11) is 0. The zero-order valence-electron chi connectivity index (χ0n) is 22.8. The van der Waals surface area contributed by atoms with Gasteiger partial charge >= 0.3 is 0 Å². The largest absolute Gasteiger partial charge is 0.483 e. The summed E-state index contributed by atoms with van der Waals surface area (Å²) in [5.41, 5.74) is 6.32. The summed E-state index contributed by atoms with van der Waals surface area (Å²) >= 11 is 0. The fraction of sp³-hybridized carbons (Fsp3) is 0.375. The van der Waals surface area contributed by atoms with Crippen LogP contribution in [0.5, 0.6) is 5.75 Å². The molecule has 3 rings (SSSR count). The minimum Gasteiger partial charge on any atom is -0.483 e. The van der Waals surface area contributed by atoms with Gasteiger partial charge in [-0.2, -0.15) is 0 Å². The van der Waals surface area contributed by atoms with Gasteiger partial charge in [0.15, 0.2) is 6.61 Å². The number of aryl methyl sites for hydroxylation is 3. The van der Waals surface area contributed by atoms with Crippen LogP contribution in [-0.2, 0) is 22.6 Å². The predicted octanol–water partition coefficient (Wildman–Crippen LogP) is 5.86. The van der Waals surface area contributed by atoms with E-state index in [1.807, 2.05) is 82.3 Å². The molecule has 1 N–H and O–H groups in total. The molecule has 0 heterocycles. The number of nitrogens with zero attached hydrogens (tertiary/aromatic N) is 1. The lowest BCUT2D eigenvalue weighted by Gasteiger charge is -2.31. The minimum absolute atomic E-state index is 0.136. The molecule has 0 aliphatic heterocycles. The number of hydrogen-bond donors (Lipinski definition) is 1. The quantitative estimate of drug-likeness (QED) is 0.317. The minimum atomic E-state index is -0.656. The van der Waals surface area contributed by atoms with E-state index in [1.165, 1.54) is 0 Å². The highest BCUT2D eigenvalue weighted by Gasteiger charge is 2.30. The van der Waals surface area contributed by atoms with Gasteiger partial charge < -0.3 is 15.0 Å². The molecule has 0 aliphatic rings. The maximum absolute atomic E-state index is 13.8. The molecular formula is C32H40N2O3. The summed E-state index contributed by atoms with van der Waals surface area (Å²) < 4.78 is 6.06. The molecule has 0 spiro atoms. The van der Waals surface area contributed by atoms with Crippen LogP contribution in [0.15, 0.2) is 66.7 Å². The standard InChI is InChI=1S/C32H40N2O3/c1-6-7-16-33-32(36)29(20-27-13-9-8-10-14-27)34(21-28-15-11-12-23(2)18-28)31(35)22-37-30-19-24(3)17-25(4)26(30)5/h8-15,17-19,29H,6-7,16,20-22H2,1-5H3,(H,33,36)/t29-/m1/s1. The Morgan fingerprint density at radius 2 is 1.62 bits per heavy atom. The first kappa shape index (κ1) is 28.0. The normalized spacial score (nSPS) is 11.6. The molecule has 0 saturated heterocycles. The summed E-state index contributed by atoms with van der Waals surface area (Å²) in [6.07, 6.45) is 2.31. The molecule has 0 aliphatic carbocycles. The third-order valence-corrected chi connectivity index (χ3v) is 6.65. The SMILES string of the molecule is CCCCNC(=O)[C@@H](Cc1ccccc1)N(Cc1cccc(C)c1)C(=O)COc1cc(C)cc(C)c1C. The number of benzene rings is 3. The monoisotopic (exact) mass is 500 g/mol. The number of hydrogen-bond acceptors (Lipinski definition) is 3. The van der Waals surface area contributed by atoms with Gasteiger partial charge in [-0.1, -0.05) is 79.6 Å². The molecular weight excluding hydrogens is 460 g/mol. The Labute approximate surface area is 221 Å². The van der Waals surface area contributed by atoms with E-state index in [0.717, 1.165) is 46.2 Å². The van der Waals surface area contributed by atoms with Crippen LogP contribution in [0.2, 0.25) is 0 Å². The fourth-order valence-corrected chi connectivity index (χ4v) is 4.44. The van der Waals surface area contributed by atoms with Crippen LogP contribution >= 0.6 is 0 Å². The van der Waals surface area contributed by atoms with E-state index in [4.69, 9.17) is 4.74 Å². The van der Waals surface area contributed by atoms with E-state index >= 15 is 0 Å². The van der Waals surface area contributed by atoms with Gasteiger partial charge in [-0.3, -0.25) is 9.59 Å². The highest BCUT2D eigenvalue weighted by atomic mass is 16.5. The van der Waals surface area contributed by atoms with E-state index in [0.29, 0.717) is 25.3 Å². The molecule has 0 radical (unpaired) electrons. The lowest BCUT2D eigenvalue weighted by molar-refractivity contribution is -0.142. The molecule has 0 unspecified atom stereocenters. The summed E-state index contributed by atoms with van der Waals surface area (Å²) in [5.74, 6) is 0.348. The second-order valence-electron chi connectivity index (χ2n) is 9.85. The highest BCUT2D eigenvalue weighted by molar-refractivity contribution is 5.88. The molecule has 1 atom stereocenters. The zero-order chi connectivity index (χ0) is 26.8. The lowest BCUT2D eigenvalue weighted by atomic mass is 10.0. The topological polar surface area (TPSA) is 58.6 Å². The number of amides is 2. The third-order valence-electron chi connectivity index (χ3n) is 6.65. The first-order valence-electron chi connectivity index (χ1n) is 13.2. The molecule has 5 nitrogen and oxygen atoms in total. The van der Waals surface area contributed by atoms with Crippen molar-refractivity contribution in [1.82, 2.24) is 10.2 Å². The summed E-state index contributed by atoms with van der Waals surface area (Å²) in [4.78, 5) is 29.0. The van der Waals surface area contributed by atoms with Gasteiger partial charge in [0.05, 0.1) is 0 Å². The third kappa shape index (κ3) is 8.21. The summed E-state index contributed by atoms with van der Waals surface area (Å²) in [6, 6.07) is 21.3. The zero-order valence-corrected chi connectivity index (χ0v) is 22.8. The fourth-order valence-electron chi connectivity index (χ4n) is 4.44. The molecule has 5 heteroatoms. The van der Waals surface area contributed by atoms with Gasteiger partial charge in [0.25, 0.3) is 5.91 Å². The van der Waals surface area contributed by atoms with Crippen molar-refractivity contribution in [2.24, 2.45) is 0 Å². The van der Waals surface area contributed by atoms with Gasteiger partial charge in [-0.25, -0.2) is 0 Å². The van der Waals surface area contributed by atoms with Crippen molar-refractivity contribution >= 4 is 11.8 Å². The van der Waals surface area contributed by atoms with Crippen LogP contribution in [0.25, 0.3) is 0 Å². The molecule has 2 amide bonds. The number of unbranched alkanes of at least 4 members (excludes halogenated alkanes) is 1. The van der Waals surface area contributed by atoms with Crippen molar-refractivity contribution in [3.8, 4) is 5.75 Å². The van der Waals surface area contributed by atoms with Gasteiger partial charge in [0.1, 0.15) is 11.8 Å². The average molecular weight is 501 g/mol. The van der Waals surface area contributed by atoms with Crippen LogP contribution in [0.3, 0.4) is 0 Å². The van der Waals surface area contributed by atoms with Crippen LogP contribution in [0.1, 0.15) is 53.1 Å². The Balaban J connectivity index is 1.92. The van der Waals surface area contributed by atoms with Crippen molar-refractivity contribution in [2.75, 3.05) is 13.2 Å².